The van der Waals surface area contributed by atoms with E-state index in [-0.39, 0.29) is 17.0 Å². The van der Waals surface area contributed by atoms with E-state index < -0.39 is 5.97 Å². The maximum absolute atomic E-state index is 12.5. The molecule has 1 aliphatic carbocycles. The Morgan fingerprint density at radius 3 is 2.69 bits per heavy atom. The highest BCUT2D eigenvalue weighted by molar-refractivity contribution is 7.17. The van der Waals surface area contributed by atoms with Gasteiger partial charge in [0.1, 0.15) is 10.7 Å². The molecule has 0 aromatic carbocycles. The number of ether oxygens (including phenoxy) is 1. The van der Waals surface area contributed by atoms with E-state index in [4.69, 9.17) is 4.74 Å². The molecule has 2 aromatic rings. The monoisotopic (exact) mass is 373 g/mol. The fourth-order valence-corrected chi connectivity index (χ4v) is 4.63. The number of aromatic nitrogens is 2. The molecule has 0 saturated carbocycles. The number of nitrogens with zero attached hydrogens (tertiary/aromatic N) is 2. The highest BCUT2D eigenvalue weighted by atomic mass is 32.1. The summed E-state index contributed by atoms with van der Waals surface area (Å²) in [4.78, 5) is 33.9. The van der Waals surface area contributed by atoms with E-state index in [1.54, 1.807) is 0 Å². The van der Waals surface area contributed by atoms with Crippen LogP contribution in [-0.2, 0) is 17.6 Å². The van der Waals surface area contributed by atoms with E-state index in [1.807, 2.05) is 0 Å². The van der Waals surface area contributed by atoms with Crippen LogP contribution in [0.5, 0.6) is 0 Å². The summed E-state index contributed by atoms with van der Waals surface area (Å²) >= 11 is 1.47. The lowest BCUT2D eigenvalue weighted by Gasteiger charge is -2.33. The number of nitrogens with one attached hydrogen (secondary N) is 1. The van der Waals surface area contributed by atoms with E-state index in [9.17, 15) is 9.59 Å². The lowest BCUT2D eigenvalue weighted by atomic mass is 9.72. The summed E-state index contributed by atoms with van der Waals surface area (Å²) in [6.07, 6.45) is 7.12. The summed E-state index contributed by atoms with van der Waals surface area (Å²) in [6.45, 7) is 6.73. The van der Waals surface area contributed by atoms with Gasteiger partial charge in [0.15, 0.2) is 0 Å². The van der Waals surface area contributed by atoms with Crippen molar-refractivity contribution in [2.45, 2.75) is 40.0 Å². The second-order valence-corrected chi connectivity index (χ2v) is 8.66. The number of rotatable bonds is 3. The molecule has 26 heavy (non-hydrogen) atoms. The predicted octanol–water partition coefficient (Wildman–Crippen LogP) is 3.73. The van der Waals surface area contributed by atoms with Crippen molar-refractivity contribution in [2.24, 2.45) is 11.3 Å². The molecule has 0 saturated heterocycles. The first-order valence-electron chi connectivity index (χ1n) is 8.61. The summed E-state index contributed by atoms with van der Waals surface area (Å²) in [7, 11) is 1.36. The van der Waals surface area contributed by atoms with Crippen molar-refractivity contribution < 1.29 is 14.3 Å². The number of methoxy groups -OCH3 is 1. The molecule has 0 bridgehead atoms. The Bertz CT molecular complexity index is 825. The van der Waals surface area contributed by atoms with Gasteiger partial charge in [-0.2, -0.15) is 0 Å². The van der Waals surface area contributed by atoms with Crippen molar-refractivity contribution in [1.82, 2.24) is 9.97 Å². The molecule has 0 radical (unpaired) electrons. The van der Waals surface area contributed by atoms with Crippen LogP contribution in [0.25, 0.3) is 0 Å². The van der Waals surface area contributed by atoms with Gasteiger partial charge in [0, 0.05) is 17.3 Å². The zero-order chi connectivity index (χ0) is 18.9. The number of thiophene rings is 1. The first-order valence-corrected chi connectivity index (χ1v) is 9.43. The maximum atomic E-state index is 12.5. The molecular weight excluding hydrogens is 350 g/mol. The Morgan fingerprint density at radius 1 is 1.31 bits per heavy atom. The molecule has 1 N–H and O–H groups in total. The molecule has 1 atom stereocenters. The quantitative estimate of drug-likeness (QED) is 0.829. The van der Waals surface area contributed by atoms with E-state index in [2.05, 4.69) is 36.1 Å². The topological polar surface area (TPSA) is 81.2 Å². The summed E-state index contributed by atoms with van der Waals surface area (Å²) in [5.41, 5.74) is 1.91. The van der Waals surface area contributed by atoms with Crippen molar-refractivity contribution in [3.8, 4) is 0 Å². The van der Waals surface area contributed by atoms with Crippen LogP contribution in [0.1, 0.15) is 58.5 Å². The highest BCUT2D eigenvalue weighted by Gasteiger charge is 2.34. The Hall–Kier alpha value is -2.28. The standard InChI is InChI=1S/C19H23N3O3S/c1-19(2,3)11-5-6-12-14(9-11)26-17(15(12)18(24)25-4)22-16(23)13-10-20-7-8-21-13/h7-8,10-11H,5-6,9H2,1-4H3,(H,22,23)/t11-/m0/s1. The summed E-state index contributed by atoms with van der Waals surface area (Å²) < 4.78 is 4.97. The van der Waals surface area contributed by atoms with Crippen LogP contribution in [0, 0.1) is 11.3 Å². The van der Waals surface area contributed by atoms with Crippen molar-refractivity contribution in [3.63, 3.8) is 0 Å². The van der Waals surface area contributed by atoms with Gasteiger partial charge in [-0.05, 0) is 36.2 Å². The smallest absolute Gasteiger partial charge is 0.341 e. The Kier molecular flexibility index (Phi) is 5.09. The van der Waals surface area contributed by atoms with Crippen LogP contribution in [0.15, 0.2) is 18.6 Å². The minimum absolute atomic E-state index is 0.205. The van der Waals surface area contributed by atoms with Crippen molar-refractivity contribution in [3.05, 3.63) is 40.3 Å². The molecule has 1 amide bonds. The number of amides is 1. The van der Waals surface area contributed by atoms with Crippen LogP contribution < -0.4 is 5.32 Å². The molecule has 0 fully saturated rings. The Labute approximate surface area is 157 Å². The van der Waals surface area contributed by atoms with Gasteiger partial charge >= 0.3 is 5.97 Å². The van der Waals surface area contributed by atoms with Gasteiger partial charge in [-0.3, -0.25) is 9.78 Å². The third kappa shape index (κ3) is 3.62. The fourth-order valence-electron chi connectivity index (χ4n) is 3.31. The lowest BCUT2D eigenvalue weighted by molar-refractivity contribution is 0.0600. The first-order chi connectivity index (χ1) is 12.3. The summed E-state index contributed by atoms with van der Waals surface area (Å²) in [5, 5.41) is 3.36. The minimum Gasteiger partial charge on any atom is -0.465 e. The molecule has 2 aromatic heterocycles. The van der Waals surface area contributed by atoms with Gasteiger partial charge in [0.2, 0.25) is 0 Å². The van der Waals surface area contributed by atoms with Gasteiger partial charge in [0.05, 0.1) is 18.9 Å². The number of carbonyl (C=O) groups excluding carboxylic acids is 2. The number of hydrogen-bond acceptors (Lipinski definition) is 6. The van der Waals surface area contributed by atoms with Gasteiger partial charge < -0.3 is 10.1 Å². The normalized spacial score (nSPS) is 16.7. The molecule has 3 rings (SSSR count). The first kappa shape index (κ1) is 18.5. The molecular formula is C19H23N3O3S. The average molecular weight is 373 g/mol. The number of fused-ring (bicyclic) bond motifs is 1. The Morgan fingerprint density at radius 2 is 2.08 bits per heavy atom. The minimum atomic E-state index is -0.411. The van der Waals surface area contributed by atoms with Crippen molar-refractivity contribution >= 4 is 28.2 Å². The second-order valence-electron chi connectivity index (χ2n) is 7.55. The van der Waals surface area contributed by atoms with Crippen LogP contribution in [-0.4, -0.2) is 29.0 Å². The largest absolute Gasteiger partial charge is 0.465 e. The second kappa shape index (κ2) is 7.15. The number of anilines is 1. The average Bonchev–Trinajstić information content (AvgIpc) is 2.98. The van der Waals surface area contributed by atoms with Crippen LogP contribution in [0.2, 0.25) is 0 Å². The van der Waals surface area contributed by atoms with Gasteiger partial charge in [-0.15, -0.1) is 11.3 Å². The van der Waals surface area contributed by atoms with Crippen LogP contribution >= 0.6 is 11.3 Å². The summed E-state index contributed by atoms with van der Waals surface area (Å²) in [5.74, 6) is -0.247. The van der Waals surface area contributed by atoms with Crippen LogP contribution in [0.3, 0.4) is 0 Å². The third-order valence-electron chi connectivity index (χ3n) is 4.90. The highest BCUT2D eigenvalue weighted by Crippen LogP contribution is 2.44. The molecule has 1 aliphatic rings. The van der Waals surface area contributed by atoms with Gasteiger partial charge in [-0.25, -0.2) is 9.78 Å². The van der Waals surface area contributed by atoms with E-state index in [1.165, 1.54) is 37.0 Å². The Balaban J connectivity index is 1.94. The number of hydrogen-bond donors (Lipinski definition) is 1. The van der Waals surface area contributed by atoms with E-state index in [0.717, 1.165) is 29.7 Å². The number of esters is 1. The van der Waals surface area contributed by atoms with Crippen molar-refractivity contribution in [1.29, 1.82) is 0 Å². The zero-order valence-corrected chi connectivity index (χ0v) is 16.3. The maximum Gasteiger partial charge on any atom is 0.341 e. The van der Waals surface area contributed by atoms with Crippen LogP contribution in [0.4, 0.5) is 5.00 Å². The van der Waals surface area contributed by atoms with Crippen molar-refractivity contribution in [2.75, 3.05) is 12.4 Å². The summed E-state index contributed by atoms with van der Waals surface area (Å²) in [6, 6.07) is 0. The van der Waals surface area contributed by atoms with Gasteiger partial charge in [-0.1, -0.05) is 20.8 Å². The van der Waals surface area contributed by atoms with E-state index in [0.29, 0.717) is 16.5 Å². The predicted molar refractivity (Wildman–Crippen MR) is 101 cm³/mol. The molecule has 0 aliphatic heterocycles. The fraction of sp³-hybridized carbons (Fsp3) is 0.474. The molecule has 2 heterocycles. The molecule has 138 valence electrons. The lowest BCUT2D eigenvalue weighted by Crippen LogP contribution is -2.26. The third-order valence-corrected chi connectivity index (χ3v) is 6.07. The molecule has 0 spiro atoms. The molecule has 6 nitrogen and oxygen atoms in total. The number of carbonyl (C=O) groups is 2. The molecule has 0 unspecified atom stereocenters. The SMILES string of the molecule is COC(=O)c1c(NC(=O)c2cnccn2)sc2c1CC[C@H](C(C)(C)C)C2. The molecule has 7 heteroatoms. The van der Waals surface area contributed by atoms with E-state index >= 15 is 0 Å². The zero-order valence-electron chi connectivity index (χ0n) is 15.5. The van der Waals surface area contributed by atoms with Gasteiger partial charge in [0.25, 0.3) is 5.91 Å².